The molecule has 1 fully saturated rings. The van der Waals surface area contributed by atoms with Crippen LogP contribution >= 0.6 is 0 Å². The Bertz CT molecular complexity index is 731. The van der Waals surface area contributed by atoms with Crippen molar-refractivity contribution in [1.82, 2.24) is 10.2 Å². The molecule has 1 heterocycles. The van der Waals surface area contributed by atoms with Crippen molar-refractivity contribution >= 4 is 15.7 Å². The average Bonchev–Trinajstić information content (AvgIpc) is 2.64. The SMILES string of the molecule is COc1ccc(C2C(CNC(=O)CCS(=O)(=O)CC(C)C)CCCN2C)cc1. The van der Waals surface area contributed by atoms with Gasteiger partial charge in [0.2, 0.25) is 5.91 Å². The largest absolute Gasteiger partial charge is 0.497 e. The van der Waals surface area contributed by atoms with Gasteiger partial charge in [0.15, 0.2) is 9.84 Å². The minimum absolute atomic E-state index is 0.0326. The number of sulfone groups is 1. The number of hydrogen-bond donors (Lipinski definition) is 1. The summed E-state index contributed by atoms with van der Waals surface area (Å²) in [6.07, 6.45) is 2.16. The molecule has 0 saturated carbocycles. The number of rotatable bonds is 9. The number of ether oxygens (including phenoxy) is 1. The summed E-state index contributed by atoms with van der Waals surface area (Å²) >= 11 is 0. The molecule has 6 nitrogen and oxygen atoms in total. The van der Waals surface area contributed by atoms with Crippen molar-refractivity contribution in [3.63, 3.8) is 0 Å². The van der Waals surface area contributed by atoms with E-state index in [9.17, 15) is 13.2 Å². The van der Waals surface area contributed by atoms with Gasteiger partial charge in [0.1, 0.15) is 5.75 Å². The highest BCUT2D eigenvalue weighted by Crippen LogP contribution is 2.35. The molecule has 0 spiro atoms. The Morgan fingerprint density at radius 2 is 1.96 bits per heavy atom. The number of amides is 1. The lowest BCUT2D eigenvalue weighted by molar-refractivity contribution is -0.121. The van der Waals surface area contributed by atoms with Crippen molar-refractivity contribution in [1.29, 1.82) is 0 Å². The number of carbonyl (C=O) groups excluding carboxylic acids is 1. The first-order valence-electron chi connectivity index (χ1n) is 10.0. The van der Waals surface area contributed by atoms with Gasteiger partial charge < -0.3 is 10.1 Å². The normalized spacial score (nSPS) is 20.9. The molecular formula is C21H34N2O4S. The lowest BCUT2D eigenvalue weighted by Crippen LogP contribution is -2.42. The van der Waals surface area contributed by atoms with E-state index >= 15 is 0 Å². The molecule has 28 heavy (non-hydrogen) atoms. The molecule has 1 aromatic carbocycles. The molecule has 1 aliphatic rings. The van der Waals surface area contributed by atoms with Gasteiger partial charge in [-0.05, 0) is 56.0 Å². The Morgan fingerprint density at radius 3 is 2.57 bits per heavy atom. The number of hydrogen-bond acceptors (Lipinski definition) is 5. The molecule has 1 aliphatic heterocycles. The monoisotopic (exact) mass is 410 g/mol. The Balaban J connectivity index is 1.93. The van der Waals surface area contributed by atoms with E-state index < -0.39 is 9.84 Å². The van der Waals surface area contributed by atoms with E-state index in [1.54, 1.807) is 7.11 Å². The number of nitrogens with zero attached hydrogens (tertiary/aromatic N) is 1. The highest BCUT2D eigenvalue weighted by atomic mass is 32.2. The van der Waals surface area contributed by atoms with Crippen LogP contribution in [0.4, 0.5) is 0 Å². The third-order valence-electron chi connectivity index (χ3n) is 5.25. The van der Waals surface area contributed by atoms with Crippen LogP contribution in [0.2, 0.25) is 0 Å². The molecule has 1 saturated heterocycles. The summed E-state index contributed by atoms with van der Waals surface area (Å²) in [6.45, 7) is 5.33. The molecule has 1 aromatic rings. The number of methoxy groups -OCH3 is 1. The van der Waals surface area contributed by atoms with Crippen LogP contribution in [-0.2, 0) is 14.6 Å². The van der Waals surface area contributed by atoms with E-state index in [0.717, 1.165) is 25.1 Å². The van der Waals surface area contributed by atoms with E-state index in [1.165, 1.54) is 5.56 Å². The first kappa shape index (κ1) is 22.7. The molecule has 1 N–H and O–H groups in total. The lowest BCUT2D eigenvalue weighted by atomic mass is 9.85. The van der Waals surface area contributed by atoms with Crippen molar-refractivity contribution in [2.75, 3.05) is 38.8 Å². The zero-order valence-corrected chi connectivity index (χ0v) is 18.3. The number of carbonyl (C=O) groups is 1. The van der Waals surface area contributed by atoms with Gasteiger partial charge in [-0.2, -0.15) is 0 Å². The molecule has 0 radical (unpaired) electrons. The predicted molar refractivity (Wildman–Crippen MR) is 112 cm³/mol. The quantitative estimate of drug-likeness (QED) is 0.677. The molecule has 0 aliphatic carbocycles. The Labute approximate surface area is 169 Å². The maximum atomic E-state index is 12.2. The van der Waals surface area contributed by atoms with Crippen LogP contribution < -0.4 is 10.1 Å². The van der Waals surface area contributed by atoms with Gasteiger partial charge in [-0.15, -0.1) is 0 Å². The van der Waals surface area contributed by atoms with E-state index in [4.69, 9.17) is 4.74 Å². The van der Waals surface area contributed by atoms with Gasteiger partial charge in [0, 0.05) is 19.0 Å². The second kappa shape index (κ2) is 10.3. The van der Waals surface area contributed by atoms with Crippen molar-refractivity contribution in [3.05, 3.63) is 29.8 Å². The zero-order valence-electron chi connectivity index (χ0n) is 17.5. The molecule has 2 atom stereocenters. The van der Waals surface area contributed by atoms with E-state index in [1.807, 2.05) is 26.0 Å². The maximum absolute atomic E-state index is 12.2. The molecular weight excluding hydrogens is 376 g/mol. The van der Waals surface area contributed by atoms with Crippen LogP contribution in [0, 0.1) is 11.8 Å². The van der Waals surface area contributed by atoms with E-state index in [2.05, 4.69) is 29.4 Å². The van der Waals surface area contributed by atoms with Gasteiger partial charge in [0.05, 0.1) is 18.6 Å². The summed E-state index contributed by atoms with van der Waals surface area (Å²) in [7, 11) is 0.598. The van der Waals surface area contributed by atoms with Crippen molar-refractivity contribution in [3.8, 4) is 5.75 Å². The fraction of sp³-hybridized carbons (Fsp3) is 0.667. The highest BCUT2D eigenvalue weighted by Gasteiger charge is 2.30. The van der Waals surface area contributed by atoms with Crippen molar-refractivity contribution in [2.45, 2.75) is 39.2 Å². The minimum atomic E-state index is -3.17. The van der Waals surface area contributed by atoms with Crippen LogP contribution in [0.5, 0.6) is 5.75 Å². The van der Waals surface area contributed by atoms with Crippen LogP contribution in [-0.4, -0.2) is 58.0 Å². The van der Waals surface area contributed by atoms with E-state index in [0.29, 0.717) is 12.5 Å². The second-order valence-corrected chi connectivity index (χ2v) is 10.4. The van der Waals surface area contributed by atoms with Crippen LogP contribution in [0.3, 0.4) is 0 Å². The lowest BCUT2D eigenvalue weighted by Gasteiger charge is -2.39. The van der Waals surface area contributed by atoms with Crippen LogP contribution in [0.25, 0.3) is 0 Å². The Morgan fingerprint density at radius 1 is 1.29 bits per heavy atom. The van der Waals surface area contributed by atoms with Gasteiger partial charge in [-0.25, -0.2) is 8.42 Å². The molecule has 158 valence electrons. The summed E-state index contributed by atoms with van der Waals surface area (Å²) in [5.74, 6) is 1.07. The van der Waals surface area contributed by atoms with Gasteiger partial charge in [-0.1, -0.05) is 26.0 Å². The smallest absolute Gasteiger partial charge is 0.221 e. The van der Waals surface area contributed by atoms with Gasteiger partial charge in [-0.3, -0.25) is 9.69 Å². The topological polar surface area (TPSA) is 75.7 Å². The Hall–Kier alpha value is -1.60. The summed E-state index contributed by atoms with van der Waals surface area (Å²) in [4.78, 5) is 14.5. The Kier molecular flexibility index (Phi) is 8.31. The number of likely N-dealkylation sites (tertiary alicyclic amines) is 1. The summed E-state index contributed by atoms with van der Waals surface area (Å²) in [5, 5.41) is 2.97. The fourth-order valence-electron chi connectivity index (χ4n) is 3.97. The summed E-state index contributed by atoms with van der Waals surface area (Å²) < 4.78 is 29.2. The third-order valence-corrected chi connectivity index (χ3v) is 7.25. The summed E-state index contributed by atoms with van der Waals surface area (Å²) in [6, 6.07) is 8.32. The van der Waals surface area contributed by atoms with Crippen molar-refractivity contribution in [2.24, 2.45) is 11.8 Å². The fourth-order valence-corrected chi connectivity index (χ4v) is 5.65. The highest BCUT2D eigenvalue weighted by molar-refractivity contribution is 7.91. The molecule has 2 unspecified atom stereocenters. The van der Waals surface area contributed by atoms with Gasteiger partial charge >= 0.3 is 0 Å². The number of nitrogens with one attached hydrogen (secondary N) is 1. The number of piperidine rings is 1. The van der Waals surface area contributed by atoms with E-state index in [-0.39, 0.29) is 35.8 Å². The maximum Gasteiger partial charge on any atom is 0.221 e. The minimum Gasteiger partial charge on any atom is -0.497 e. The number of benzene rings is 1. The summed E-state index contributed by atoms with van der Waals surface area (Å²) in [5.41, 5.74) is 1.21. The molecule has 0 bridgehead atoms. The third kappa shape index (κ3) is 6.78. The molecule has 2 rings (SSSR count). The zero-order chi connectivity index (χ0) is 20.7. The average molecular weight is 411 g/mol. The molecule has 1 amide bonds. The van der Waals surface area contributed by atoms with Crippen LogP contribution in [0.1, 0.15) is 44.7 Å². The molecule has 0 aromatic heterocycles. The predicted octanol–water partition coefficient (Wildman–Crippen LogP) is 2.66. The standard InChI is InChI=1S/C21H34N2O4S/c1-16(2)15-28(25,26)13-11-20(24)22-14-18-6-5-12-23(3)21(18)17-7-9-19(27-4)10-8-17/h7-10,16,18,21H,5-6,11-15H2,1-4H3,(H,22,24). The van der Waals surface area contributed by atoms with Gasteiger partial charge in [0.25, 0.3) is 0 Å². The van der Waals surface area contributed by atoms with Crippen LogP contribution in [0.15, 0.2) is 24.3 Å². The second-order valence-electron chi connectivity index (χ2n) is 8.16. The first-order valence-corrected chi connectivity index (χ1v) is 11.9. The van der Waals surface area contributed by atoms with Crippen molar-refractivity contribution < 1.29 is 17.9 Å². The molecule has 7 heteroatoms. The first-order chi connectivity index (χ1) is 13.2.